The van der Waals surface area contributed by atoms with E-state index in [0.717, 1.165) is 6.07 Å². The summed E-state index contributed by atoms with van der Waals surface area (Å²) in [5.74, 6) is -0.580. The molecule has 2 N–H and O–H groups in total. The molecular weight excluding hydrogens is 275 g/mol. The first kappa shape index (κ1) is 14.9. The average Bonchev–Trinajstić information content (AvgIpc) is 2.52. The van der Waals surface area contributed by atoms with Crippen LogP contribution in [0.1, 0.15) is 22.0 Å². The van der Waals surface area contributed by atoms with E-state index in [9.17, 15) is 14.3 Å². The first-order valence-corrected chi connectivity index (χ1v) is 6.32. The van der Waals surface area contributed by atoms with Crippen LogP contribution in [0.4, 0.5) is 4.39 Å². The Balaban J connectivity index is 1.97. The largest absolute Gasteiger partial charge is 0.497 e. The van der Waals surface area contributed by atoms with Crippen molar-refractivity contribution in [2.75, 3.05) is 13.7 Å². The van der Waals surface area contributed by atoms with Gasteiger partial charge < -0.3 is 15.2 Å². The molecule has 0 bridgehead atoms. The summed E-state index contributed by atoms with van der Waals surface area (Å²) in [4.78, 5) is 15.2. The molecule has 0 aliphatic heterocycles. The molecule has 0 saturated carbocycles. The van der Waals surface area contributed by atoms with Gasteiger partial charge in [-0.1, -0.05) is 12.1 Å². The number of carbonyl (C=O) groups excluding carboxylic acids is 1. The molecule has 0 aliphatic rings. The first-order valence-electron chi connectivity index (χ1n) is 6.32. The van der Waals surface area contributed by atoms with Crippen LogP contribution in [0.15, 0.2) is 42.6 Å². The lowest BCUT2D eigenvalue weighted by Crippen LogP contribution is -2.28. The first-order chi connectivity index (χ1) is 10.1. The minimum Gasteiger partial charge on any atom is -0.497 e. The van der Waals surface area contributed by atoms with E-state index in [0.29, 0.717) is 11.3 Å². The fraction of sp³-hybridized carbons (Fsp3) is 0.200. The zero-order chi connectivity index (χ0) is 15.2. The Morgan fingerprint density at radius 3 is 2.95 bits per heavy atom. The highest BCUT2D eigenvalue weighted by Crippen LogP contribution is 2.18. The SMILES string of the molecule is COc1cccc([C@H](O)CNC(=O)c2ccnc(F)c2)c1. The summed E-state index contributed by atoms with van der Waals surface area (Å²) in [6.45, 7) is 0.00986. The number of hydrogen-bond donors (Lipinski definition) is 2. The molecule has 21 heavy (non-hydrogen) atoms. The summed E-state index contributed by atoms with van der Waals surface area (Å²) in [6, 6.07) is 9.35. The van der Waals surface area contributed by atoms with Crippen molar-refractivity contribution < 1.29 is 19.0 Å². The van der Waals surface area contributed by atoms with Crippen molar-refractivity contribution in [3.8, 4) is 5.75 Å². The van der Waals surface area contributed by atoms with Gasteiger partial charge in [0, 0.05) is 24.4 Å². The van der Waals surface area contributed by atoms with E-state index in [1.807, 2.05) is 0 Å². The smallest absolute Gasteiger partial charge is 0.251 e. The summed E-state index contributed by atoms with van der Waals surface area (Å²) in [5.41, 5.74) is 0.774. The van der Waals surface area contributed by atoms with Crippen molar-refractivity contribution >= 4 is 5.91 Å². The zero-order valence-electron chi connectivity index (χ0n) is 11.4. The molecular formula is C15H15FN2O3. The van der Waals surface area contributed by atoms with Gasteiger partial charge in [0.25, 0.3) is 5.91 Å². The molecule has 1 heterocycles. The Hall–Kier alpha value is -2.47. The maximum atomic E-state index is 12.9. The van der Waals surface area contributed by atoms with Crippen molar-refractivity contribution in [2.24, 2.45) is 0 Å². The van der Waals surface area contributed by atoms with Gasteiger partial charge >= 0.3 is 0 Å². The van der Waals surface area contributed by atoms with Gasteiger partial charge in [-0.05, 0) is 23.8 Å². The molecule has 0 spiro atoms. The fourth-order valence-corrected chi connectivity index (χ4v) is 1.80. The molecule has 1 aromatic carbocycles. The number of hydrogen-bond acceptors (Lipinski definition) is 4. The quantitative estimate of drug-likeness (QED) is 0.822. The van der Waals surface area contributed by atoms with Crippen LogP contribution in [-0.2, 0) is 0 Å². The molecule has 1 aromatic heterocycles. The van der Waals surface area contributed by atoms with Crippen LogP contribution in [-0.4, -0.2) is 29.7 Å². The van der Waals surface area contributed by atoms with E-state index >= 15 is 0 Å². The standard InChI is InChI=1S/C15H15FN2O3/c1-21-12-4-2-3-10(7-12)13(19)9-18-15(20)11-5-6-17-14(16)8-11/h2-8,13,19H,9H2,1H3,(H,18,20)/t13-/m1/s1. The van der Waals surface area contributed by atoms with Gasteiger partial charge in [0.2, 0.25) is 5.95 Å². The van der Waals surface area contributed by atoms with Crippen LogP contribution in [0.25, 0.3) is 0 Å². The minimum absolute atomic E-state index is 0.00986. The summed E-state index contributed by atoms with van der Waals surface area (Å²) < 4.78 is 18.0. The number of nitrogens with one attached hydrogen (secondary N) is 1. The molecule has 2 rings (SSSR count). The van der Waals surface area contributed by atoms with E-state index in [1.54, 1.807) is 24.3 Å². The highest BCUT2D eigenvalue weighted by molar-refractivity contribution is 5.94. The second kappa shape index (κ2) is 6.81. The average molecular weight is 290 g/mol. The van der Waals surface area contributed by atoms with Crippen molar-refractivity contribution in [1.82, 2.24) is 10.3 Å². The highest BCUT2D eigenvalue weighted by Gasteiger charge is 2.12. The third kappa shape index (κ3) is 4.00. The molecule has 5 nitrogen and oxygen atoms in total. The highest BCUT2D eigenvalue weighted by atomic mass is 19.1. The van der Waals surface area contributed by atoms with Gasteiger partial charge in [-0.3, -0.25) is 4.79 Å². The zero-order valence-corrected chi connectivity index (χ0v) is 11.4. The number of pyridine rings is 1. The van der Waals surface area contributed by atoms with E-state index in [1.165, 1.54) is 19.4 Å². The van der Waals surface area contributed by atoms with Crippen molar-refractivity contribution in [1.29, 1.82) is 0 Å². The summed E-state index contributed by atoms with van der Waals surface area (Å²) in [7, 11) is 1.53. The number of nitrogens with zero attached hydrogens (tertiary/aromatic N) is 1. The number of aliphatic hydroxyl groups excluding tert-OH is 1. The number of aliphatic hydroxyl groups is 1. The van der Waals surface area contributed by atoms with E-state index in [2.05, 4.69) is 10.3 Å². The van der Waals surface area contributed by atoms with Crippen molar-refractivity contribution in [3.63, 3.8) is 0 Å². The Morgan fingerprint density at radius 2 is 2.24 bits per heavy atom. The molecule has 1 amide bonds. The third-order valence-electron chi connectivity index (χ3n) is 2.92. The topological polar surface area (TPSA) is 71.5 Å². The van der Waals surface area contributed by atoms with Crippen molar-refractivity contribution in [2.45, 2.75) is 6.10 Å². The summed E-state index contributed by atoms with van der Waals surface area (Å²) >= 11 is 0. The second-order valence-electron chi connectivity index (χ2n) is 4.37. The maximum Gasteiger partial charge on any atom is 0.251 e. The molecule has 6 heteroatoms. The van der Waals surface area contributed by atoms with Crippen molar-refractivity contribution in [3.05, 3.63) is 59.7 Å². The normalized spacial score (nSPS) is 11.8. The van der Waals surface area contributed by atoms with Gasteiger partial charge in [-0.25, -0.2) is 4.98 Å². The van der Waals surface area contributed by atoms with E-state index in [-0.39, 0.29) is 12.1 Å². The van der Waals surface area contributed by atoms with Crippen LogP contribution in [0, 0.1) is 5.95 Å². The van der Waals surface area contributed by atoms with Crippen LogP contribution in [0.5, 0.6) is 5.75 Å². The molecule has 0 radical (unpaired) electrons. The number of methoxy groups -OCH3 is 1. The number of carbonyl (C=O) groups is 1. The van der Waals surface area contributed by atoms with Crippen LogP contribution < -0.4 is 10.1 Å². The molecule has 1 atom stereocenters. The third-order valence-corrected chi connectivity index (χ3v) is 2.92. The van der Waals surface area contributed by atoms with Crippen LogP contribution in [0.2, 0.25) is 0 Å². The van der Waals surface area contributed by atoms with Gasteiger partial charge in [-0.2, -0.15) is 4.39 Å². The molecule has 0 fully saturated rings. The predicted molar refractivity (Wildman–Crippen MR) is 74.5 cm³/mol. The fourth-order valence-electron chi connectivity index (χ4n) is 1.80. The maximum absolute atomic E-state index is 12.9. The monoisotopic (exact) mass is 290 g/mol. The molecule has 110 valence electrons. The van der Waals surface area contributed by atoms with Gasteiger partial charge in [0.1, 0.15) is 5.75 Å². The van der Waals surface area contributed by atoms with Gasteiger partial charge in [0.05, 0.1) is 13.2 Å². The Kier molecular flexibility index (Phi) is 4.84. The Bertz CT molecular complexity index is 634. The summed E-state index contributed by atoms with van der Waals surface area (Å²) in [5, 5.41) is 12.6. The lowest BCUT2D eigenvalue weighted by atomic mass is 10.1. The molecule has 0 aliphatic carbocycles. The number of benzene rings is 1. The van der Waals surface area contributed by atoms with E-state index < -0.39 is 18.0 Å². The van der Waals surface area contributed by atoms with Gasteiger partial charge in [-0.15, -0.1) is 0 Å². The Labute approximate surface area is 121 Å². The lowest BCUT2D eigenvalue weighted by molar-refractivity contribution is 0.0915. The number of aromatic nitrogens is 1. The Morgan fingerprint density at radius 1 is 1.43 bits per heavy atom. The number of rotatable bonds is 5. The van der Waals surface area contributed by atoms with Crippen LogP contribution >= 0.6 is 0 Å². The predicted octanol–water partition coefficient (Wildman–Crippen LogP) is 1.69. The molecule has 0 saturated heterocycles. The number of amides is 1. The molecule has 0 unspecified atom stereocenters. The van der Waals surface area contributed by atoms with E-state index in [4.69, 9.17) is 4.74 Å². The second-order valence-corrected chi connectivity index (χ2v) is 4.37. The minimum atomic E-state index is -0.879. The van der Waals surface area contributed by atoms with Crippen LogP contribution in [0.3, 0.4) is 0 Å². The summed E-state index contributed by atoms with van der Waals surface area (Å²) in [6.07, 6.45) is 0.332. The number of ether oxygens (including phenoxy) is 1. The lowest BCUT2D eigenvalue weighted by Gasteiger charge is -2.13. The molecule has 2 aromatic rings. The number of halogens is 1. The van der Waals surface area contributed by atoms with Gasteiger partial charge in [0.15, 0.2) is 0 Å².